The molecule has 0 heterocycles. The summed E-state index contributed by atoms with van der Waals surface area (Å²) in [5.41, 5.74) is 1.45. The van der Waals surface area contributed by atoms with Crippen LogP contribution in [0.3, 0.4) is 0 Å². The van der Waals surface area contributed by atoms with Crippen molar-refractivity contribution in [2.75, 3.05) is 11.1 Å². The van der Waals surface area contributed by atoms with E-state index in [9.17, 15) is 4.39 Å². The molecule has 1 nitrogen and oxygen atoms in total. The van der Waals surface area contributed by atoms with Crippen LogP contribution < -0.4 is 5.32 Å². The van der Waals surface area contributed by atoms with Gasteiger partial charge in [0, 0.05) is 33.5 Å². The third-order valence-corrected chi connectivity index (χ3v) is 4.18. The van der Waals surface area contributed by atoms with Gasteiger partial charge in [-0.3, -0.25) is 0 Å². The van der Waals surface area contributed by atoms with E-state index in [-0.39, 0.29) is 5.82 Å². The number of halogens is 2. The minimum Gasteiger partial charge on any atom is -0.380 e. The average Bonchev–Trinajstić information content (AvgIpc) is 2.45. The zero-order valence-corrected chi connectivity index (χ0v) is 12.5. The molecule has 0 bridgehead atoms. The number of thioether (sulfide) groups is 1. The Balaban J connectivity index is 2.13. The first-order valence-corrected chi connectivity index (χ1v) is 7.58. The molecular weight excluding hydrogens is 293 g/mol. The highest BCUT2D eigenvalue weighted by Crippen LogP contribution is 2.28. The van der Waals surface area contributed by atoms with Gasteiger partial charge >= 0.3 is 0 Å². The summed E-state index contributed by atoms with van der Waals surface area (Å²) in [4.78, 5) is 1.11. The number of hydrogen-bond donors (Lipinski definition) is 1. The lowest BCUT2D eigenvalue weighted by Crippen LogP contribution is -2.03. The minimum absolute atomic E-state index is 0.291. The van der Waals surface area contributed by atoms with Crippen LogP contribution in [0.2, 0.25) is 5.02 Å². The number of rotatable bonds is 6. The molecule has 4 heteroatoms. The number of hydrogen-bond acceptors (Lipinski definition) is 2. The fraction of sp³-hybridized carbons (Fsp3) is 0.125. The molecule has 0 atom stereocenters. The van der Waals surface area contributed by atoms with E-state index in [1.165, 1.54) is 6.07 Å². The number of anilines is 1. The van der Waals surface area contributed by atoms with Crippen molar-refractivity contribution in [2.24, 2.45) is 0 Å². The number of para-hydroxylation sites is 1. The normalized spacial score (nSPS) is 10.3. The zero-order valence-electron chi connectivity index (χ0n) is 10.9. The van der Waals surface area contributed by atoms with E-state index in [0.29, 0.717) is 17.1 Å². The Morgan fingerprint density at radius 3 is 2.75 bits per heavy atom. The molecular formula is C16H15ClFNS. The summed E-state index contributed by atoms with van der Waals surface area (Å²) < 4.78 is 13.7. The van der Waals surface area contributed by atoms with Gasteiger partial charge in [-0.2, -0.15) is 0 Å². The van der Waals surface area contributed by atoms with Gasteiger partial charge in [0.25, 0.3) is 0 Å². The molecule has 0 radical (unpaired) electrons. The Bertz CT molecular complexity index is 581. The molecule has 20 heavy (non-hydrogen) atoms. The second kappa shape index (κ2) is 7.36. The van der Waals surface area contributed by atoms with Crippen molar-refractivity contribution >= 4 is 29.1 Å². The average molecular weight is 308 g/mol. The zero-order chi connectivity index (χ0) is 14.4. The van der Waals surface area contributed by atoms with E-state index < -0.39 is 0 Å². The third kappa shape index (κ3) is 3.78. The molecule has 0 unspecified atom stereocenters. The topological polar surface area (TPSA) is 12.0 Å². The maximum atomic E-state index is 13.7. The molecule has 0 spiro atoms. The predicted molar refractivity (Wildman–Crippen MR) is 86.1 cm³/mol. The Labute approximate surface area is 127 Å². The molecule has 0 aliphatic carbocycles. The molecule has 2 rings (SSSR count). The summed E-state index contributed by atoms with van der Waals surface area (Å²) in [7, 11) is 0. The smallest absolute Gasteiger partial charge is 0.129 e. The predicted octanol–water partition coefficient (Wildman–Crippen LogP) is 5.37. The maximum absolute atomic E-state index is 13.7. The van der Waals surface area contributed by atoms with Crippen LogP contribution >= 0.6 is 23.4 Å². The molecule has 0 fully saturated rings. The second-order valence-corrected chi connectivity index (χ2v) is 5.62. The molecule has 2 aromatic carbocycles. The molecule has 0 amide bonds. The van der Waals surface area contributed by atoms with Crippen molar-refractivity contribution in [3.8, 4) is 0 Å². The molecule has 2 aromatic rings. The monoisotopic (exact) mass is 307 g/mol. The van der Waals surface area contributed by atoms with E-state index in [1.54, 1.807) is 23.9 Å². The van der Waals surface area contributed by atoms with Crippen LogP contribution in [0.1, 0.15) is 5.56 Å². The van der Waals surface area contributed by atoms with Crippen molar-refractivity contribution in [1.82, 2.24) is 0 Å². The SMILES string of the molecule is C=CCSc1ccccc1NCc1c(F)cccc1Cl. The first-order valence-electron chi connectivity index (χ1n) is 6.22. The van der Waals surface area contributed by atoms with Gasteiger partial charge in [0.1, 0.15) is 5.82 Å². The highest BCUT2D eigenvalue weighted by molar-refractivity contribution is 7.99. The lowest BCUT2D eigenvalue weighted by atomic mass is 10.2. The summed E-state index contributed by atoms with van der Waals surface area (Å²) in [5.74, 6) is 0.542. The van der Waals surface area contributed by atoms with E-state index in [2.05, 4.69) is 11.9 Å². The van der Waals surface area contributed by atoms with Crippen molar-refractivity contribution in [3.63, 3.8) is 0 Å². The molecule has 0 saturated carbocycles. The van der Waals surface area contributed by atoms with E-state index in [4.69, 9.17) is 11.6 Å². The van der Waals surface area contributed by atoms with Gasteiger partial charge in [0.15, 0.2) is 0 Å². The van der Waals surface area contributed by atoms with Gasteiger partial charge in [-0.25, -0.2) is 4.39 Å². The first-order chi connectivity index (χ1) is 9.72. The minimum atomic E-state index is -0.291. The Kier molecular flexibility index (Phi) is 5.50. The van der Waals surface area contributed by atoms with Crippen LogP contribution in [0.15, 0.2) is 60.0 Å². The molecule has 0 aliphatic rings. The van der Waals surface area contributed by atoms with Crippen LogP contribution in [0, 0.1) is 5.82 Å². The van der Waals surface area contributed by atoms with E-state index >= 15 is 0 Å². The fourth-order valence-corrected chi connectivity index (χ4v) is 2.77. The highest BCUT2D eigenvalue weighted by atomic mass is 35.5. The van der Waals surface area contributed by atoms with Crippen molar-refractivity contribution < 1.29 is 4.39 Å². The quantitative estimate of drug-likeness (QED) is 0.569. The summed E-state index contributed by atoms with van der Waals surface area (Å²) in [6.07, 6.45) is 1.86. The Morgan fingerprint density at radius 1 is 1.20 bits per heavy atom. The fourth-order valence-electron chi connectivity index (χ4n) is 1.77. The van der Waals surface area contributed by atoms with Crippen molar-refractivity contribution in [2.45, 2.75) is 11.4 Å². The van der Waals surface area contributed by atoms with Gasteiger partial charge in [-0.05, 0) is 24.3 Å². The van der Waals surface area contributed by atoms with Crippen LogP contribution in [-0.2, 0) is 6.54 Å². The van der Waals surface area contributed by atoms with Gasteiger partial charge in [-0.15, -0.1) is 18.3 Å². The summed E-state index contributed by atoms with van der Waals surface area (Å²) in [5, 5.41) is 3.68. The lowest BCUT2D eigenvalue weighted by molar-refractivity contribution is 0.613. The Morgan fingerprint density at radius 2 is 2.00 bits per heavy atom. The third-order valence-electron chi connectivity index (χ3n) is 2.76. The standard InChI is InChI=1S/C16H15ClFNS/c1-2-10-20-16-9-4-3-8-15(16)19-11-12-13(17)6-5-7-14(12)18/h2-9,19H,1,10-11H2. The van der Waals surface area contributed by atoms with Crippen molar-refractivity contribution in [3.05, 3.63) is 71.5 Å². The van der Waals surface area contributed by atoms with Crippen LogP contribution in [0.4, 0.5) is 10.1 Å². The lowest BCUT2D eigenvalue weighted by Gasteiger charge is -2.12. The summed E-state index contributed by atoms with van der Waals surface area (Å²) >= 11 is 7.70. The van der Waals surface area contributed by atoms with E-state index in [1.807, 2.05) is 30.3 Å². The molecule has 0 aliphatic heterocycles. The first kappa shape index (κ1) is 14.9. The molecule has 104 valence electrons. The summed E-state index contributed by atoms with van der Waals surface area (Å²) in [6, 6.07) is 12.6. The second-order valence-electron chi connectivity index (χ2n) is 4.15. The highest BCUT2D eigenvalue weighted by Gasteiger charge is 2.08. The summed E-state index contributed by atoms with van der Waals surface area (Å²) in [6.45, 7) is 4.07. The van der Waals surface area contributed by atoms with E-state index in [0.717, 1.165) is 16.3 Å². The van der Waals surface area contributed by atoms with Gasteiger partial charge < -0.3 is 5.32 Å². The Hall–Kier alpha value is -1.45. The number of nitrogens with one attached hydrogen (secondary N) is 1. The van der Waals surface area contributed by atoms with Gasteiger partial charge in [-0.1, -0.05) is 35.9 Å². The molecule has 1 N–H and O–H groups in total. The van der Waals surface area contributed by atoms with Gasteiger partial charge in [0.2, 0.25) is 0 Å². The van der Waals surface area contributed by atoms with Crippen LogP contribution in [0.25, 0.3) is 0 Å². The van der Waals surface area contributed by atoms with Crippen molar-refractivity contribution in [1.29, 1.82) is 0 Å². The van der Waals surface area contributed by atoms with Gasteiger partial charge in [0.05, 0.1) is 0 Å². The van der Waals surface area contributed by atoms with Crippen LogP contribution in [0.5, 0.6) is 0 Å². The molecule has 0 aromatic heterocycles. The van der Waals surface area contributed by atoms with Crippen LogP contribution in [-0.4, -0.2) is 5.75 Å². The molecule has 0 saturated heterocycles. The number of benzene rings is 2. The largest absolute Gasteiger partial charge is 0.380 e. The maximum Gasteiger partial charge on any atom is 0.129 e.